The number of hydroxylamine groups is 1. The summed E-state index contributed by atoms with van der Waals surface area (Å²) in [7, 11) is 0. The van der Waals surface area contributed by atoms with Gasteiger partial charge in [-0.2, -0.15) is 0 Å². The Balaban J connectivity index is 1.90. The summed E-state index contributed by atoms with van der Waals surface area (Å²) in [5.74, 6) is -0.804. The molecule has 0 spiro atoms. The summed E-state index contributed by atoms with van der Waals surface area (Å²) in [5.41, 5.74) is 4.76. The van der Waals surface area contributed by atoms with Gasteiger partial charge in [-0.25, -0.2) is 9.87 Å². The molecule has 3 aromatic rings. The van der Waals surface area contributed by atoms with Gasteiger partial charge >= 0.3 is 0 Å². The molecule has 21 heavy (non-hydrogen) atoms. The number of fused-ring (bicyclic) bond motifs is 1. The second-order valence-electron chi connectivity index (χ2n) is 4.84. The van der Waals surface area contributed by atoms with Crippen molar-refractivity contribution in [3.05, 3.63) is 71.2 Å². The molecular weight excluding hydrogens is 271 g/mol. The fourth-order valence-corrected chi connectivity index (χ4v) is 2.31. The van der Waals surface area contributed by atoms with Gasteiger partial charge in [0, 0.05) is 23.2 Å². The Morgan fingerprint density at radius 2 is 1.90 bits per heavy atom. The minimum atomic E-state index is -0.549. The molecule has 0 aliphatic rings. The molecule has 0 radical (unpaired) electrons. The van der Waals surface area contributed by atoms with Crippen LogP contribution < -0.4 is 5.48 Å². The maximum Gasteiger partial charge on any atom is 0.274 e. The average molecular weight is 284 g/mol. The van der Waals surface area contributed by atoms with Gasteiger partial charge in [0.05, 0.1) is 0 Å². The SMILES string of the molecule is O=C(NO)c1ccc2cc(Cc3ccc(F)cc3)[nH]c2c1. The molecule has 106 valence electrons. The first-order valence-corrected chi connectivity index (χ1v) is 6.46. The third-order valence-electron chi connectivity index (χ3n) is 3.35. The Kier molecular flexibility index (Phi) is 3.41. The standard InChI is InChI=1S/C16H13FN2O2/c17-13-5-1-10(2-6-13)7-14-8-11-3-4-12(16(20)19-21)9-15(11)18-14/h1-6,8-9,18,21H,7H2,(H,19,20). The van der Waals surface area contributed by atoms with E-state index in [0.717, 1.165) is 22.2 Å². The summed E-state index contributed by atoms with van der Waals surface area (Å²) >= 11 is 0. The normalized spacial score (nSPS) is 10.8. The first-order chi connectivity index (χ1) is 10.2. The number of benzene rings is 2. The van der Waals surface area contributed by atoms with Crippen LogP contribution in [-0.4, -0.2) is 16.1 Å². The third-order valence-corrected chi connectivity index (χ3v) is 3.35. The van der Waals surface area contributed by atoms with Crippen LogP contribution >= 0.6 is 0 Å². The molecule has 1 heterocycles. The third kappa shape index (κ3) is 2.78. The lowest BCUT2D eigenvalue weighted by atomic mass is 10.1. The molecule has 1 amide bonds. The molecule has 0 bridgehead atoms. The first kappa shape index (κ1) is 13.3. The predicted octanol–water partition coefficient (Wildman–Crippen LogP) is 3.02. The van der Waals surface area contributed by atoms with E-state index in [-0.39, 0.29) is 5.82 Å². The van der Waals surface area contributed by atoms with Gasteiger partial charge in [0.25, 0.3) is 5.91 Å². The van der Waals surface area contributed by atoms with Crippen molar-refractivity contribution in [3.8, 4) is 0 Å². The molecule has 4 nitrogen and oxygen atoms in total. The Morgan fingerprint density at radius 1 is 1.14 bits per heavy atom. The number of aromatic amines is 1. The second kappa shape index (κ2) is 5.38. The van der Waals surface area contributed by atoms with E-state index >= 15 is 0 Å². The van der Waals surface area contributed by atoms with Gasteiger partial charge in [-0.1, -0.05) is 18.2 Å². The largest absolute Gasteiger partial charge is 0.358 e. The monoisotopic (exact) mass is 284 g/mol. The van der Waals surface area contributed by atoms with Gasteiger partial charge in [-0.05, 0) is 41.3 Å². The van der Waals surface area contributed by atoms with Gasteiger partial charge < -0.3 is 4.98 Å². The van der Waals surface area contributed by atoms with E-state index in [0.29, 0.717) is 12.0 Å². The molecule has 0 saturated heterocycles. The molecule has 0 atom stereocenters. The predicted molar refractivity (Wildman–Crippen MR) is 76.8 cm³/mol. The highest BCUT2D eigenvalue weighted by molar-refractivity contribution is 5.97. The summed E-state index contributed by atoms with van der Waals surface area (Å²) in [6.07, 6.45) is 0.649. The smallest absolute Gasteiger partial charge is 0.274 e. The van der Waals surface area contributed by atoms with Crippen LogP contribution in [0.2, 0.25) is 0 Å². The molecule has 5 heteroatoms. The molecule has 1 aromatic heterocycles. The highest BCUT2D eigenvalue weighted by atomic mass is 19.1. The van der Waals surface area contributed by atoms with E-state index in [1.54, 1.807) is 29.7 Å². The fraction of sp³-hybridized carbons (Fsp3) is 0.0625. The van der Waals surface area contributed by atoms with Crippen LogP contribution in [-0.2, 0) is 6.42 Å². The first-order valence-electron chi connectivity index (χ1n) is 6.46. The van der Waals surface area contributed by atoms with Crippen molar-refractivity contribution in [2.75, 3.05) is 0 Å². The summed E-state index contributed by atoms with van der Waals surface area (Å²) in [5, 5.41) is 9.62. The fourth-order valence-electron chi connectivity index (χ4n) is 2.31. The number of hydrogen-bond acceptors (Lipinski definition) is 2. The molecule has 0 fully saturated rings. The zero-order valence-corrected chi connectivity index (χ0v) is 11.1. The van der Waals surface area contributed by atoms with E-state index in [4.69, 9.17) is 5.21 Å². The average Bonchev–Trinajstić information content (AvgIpc) is 2.90. The van der Waals surface area contributed by atoms with Crippen molar-refractivity contribution in [2.45, 2.75) is 6.42 Å². The zero-order valence-electron chi connectivity index (χ0n) is 11.1. The molecule has 3 N–H and O–H groups in total. The summed E-state index contributed by atoms with van der Waals surface area (Å²) in [4.78, 5) is 14.6. The van der Waals surface area contributed by atoms with E-state index in [2.05, 4.69) is 4.98 Å². The molecular formula is C16H13FN2O2. The Hall–Kier alpha value is -2.66. The molecule has 3 rings (SSSR count). The van der Waals surface area contributed by atoms with Crippen LogP contribution in [0.3, 0.4) is 0 Å². The second-order valence-corrected chi connectivity index (χ2v) is 4.84. The highest BCUT2D eigenvalue weighted by Crippen LogP contribution is 2.19. The van der Waals surface area contributed by atoms with Crippen molar-refractivity contribution < 1.29 is 14.4 Å². The molecule has 0 aliphatic heterocycles. The van der Waals surface area contributed by atoms with E-state index in [1.165, 1.54) is 12.1 Å². The van der Waals surface area contributed by atoms with E-state index in [9.17, 15) is 9.18 Å². The highest BCUT2D eigenvalue weighted by Gasteiger charge is 2.07. The molecule has 2 aromatic carbocycles. The van der Waals surface area contributed by atoms with Crippen LogP contribution in [0, 0.1) is 5.82 Å². The topological polar surface area (TPSA) is 65.1 Å². The van der Waals surface area contributed by atoms with Crippen molar-refractivity contribution in [2.24, 2.45) is 0 Å². The summed E-state index contributed by atoms with van der Waals surface area (Å²) in [6, 6.07) is 13.5. The Bertz CT molecular complexity index is 794. The summed E-state index contributed by atoms with van der Waals surface area (Å²) in [6.45, 7) is 0. The van der Waals surface area contributed by atoms with Gasteiger partial charge in [-0.3, -0.25) is 10.0 Å². The van der Waals surface area contributed by atoms with Gasteiger partial charge in [0.15, 0.2) is 0 Å². The number of H-pyrrole nitrogens is 1. The van der Waals surface area contributed by atoms with Crippen molar-refractivity contribution in [3.63, 3.8) is 0 Å². The van der Waals surface area contributed by atoms with Crippen LogP contribution in [0.25, 0.3) is 10.9 Å². The van der Waals surface area contributed by atoms with Crippen LogP contribution in [0.1, 0.15) is 21.6 Å². The quantitative estimate of drug-likeness (QED) is 0.511. The molecule has 0 saturated carbocycles. The molecule has 0 unspecified atom stereocenters. The van der Waals surface area contributed by atoms with Crippen molar-refractivity contribution in [1.82, 2.24) is 10.5 Å². The minimum Gasteiger partial charge on any atom is -0.358 e. The molecule has 0 aliphatic carbocycles. The van der Waals surface area contributed by atoms with Crippen molar-refractivity contribution >= 4 is 16.8 Å². The number of carbonyl (C=O) groups excluding carboxylic acids is 1. The number of nitrogens with one attached hydrogen (secondary N) is 2. The maximum absolute atomic E-state index is 12.9. The number of amides is 1. The van der Waals surface area contributed by atoms with Crippen LogP contribution in [0.4, 0.5) is 4.39 Å². The zero-order chi connectivity index (χ0) is 14.8. The minimum absolute atomic E-state index is 0.255. The number of halogens is 1. The summed E-state index contributed by atoms with van der Waals surface area (Å²) < 4.78 is 12.9. The van der Waals surface area contributed by atoms with Crippen molar-refractivity contribution in [1.29, 1.82) is 0 Å². The lowest BCUT2D eigenvalue weighted by molar-refractivity contribution is 0.0706. The van der Waals surface area contributed by atoms with Gasteiger partial charge in [0.2, 0.25) is 0 Å². The van der Waals surface area contributed by atoms with Gasteiger partial charge in [-0.15, -0.1) is 0 Å². The van der Waals surface area contributed by atoms with Crippen LogP contribution in [0.5, 0.6) is 0 Å². The Morgan fingerprint density at radius 3 is 2.62 bits per heavy atom. The number of aromatic nitrogens is 1. The van der Waals surface area contributed by atoms with E-state index < -0.39 is 5.91 Å². The number of rotatable bonds is 3. The van der Waals surface area contributed by atoms with Gasteiger partial charge in [0.1, 0.15) is 5.82 Å². The number of hydrogen-bond donors (Lipinski definition) is 3. The van der Waals surface area contributed by atoms with Crippen LogP contribution in [0.15, 0.2) is 48.5 Å². The number of carbonyl (C=O) groups is 1. The maximum atomic E-state index is 12.9. The lowest BCUT2D eigenvalue weighted by Crippen LogP contribution is -2.18. The van der Waals surface area contributed by atoms with E-state index in [1.807, 2.05) is 12.1 Å². The lowest BCUT2D eigenvalue weighted by Gasteiger charge is -1.99. The Labute approximate surface area is 120 Å².